The highest BCUT2D eigenvalue weighted by Gasteiger charge is 2.21. The smallest absolute Gasteiger partial charge is 0.284 e. The molecule has 0 atom stereocenters. The molecular formula is C18H15N3O3S. The third-order valence-corrected chi connectivity index (χ3v) is 5.52. The molecule has 1 aromatic heterocycles. The Morgan fingerprint density at radius 1 is 1.00 bits per heavy atom. The molecule has 1 heterocycles. The zero-order valence-electron chi connectivity index (χ0n) is 13.5. The van der Waals surface area contributed by atoms with Gasteiger partial charge in [0.1, 0.15) is 16.8 Å². The molecule has 0 bridgehead atoms. The summed E-state index contributed by atoms with van der Waals surface area (Å²) in [5.41, 5.74) is 0.988. The second-order valence-electron chi connectivity index (χ2n) is 5.53. The molecule has 0 saturated heterocycles. The minimum atomic E-state index is -3.82. The largest absolute Gasteiger partial charge is 0.494 e. The number of rotatable bonds is 4. The van der Waals surface area contributed by atoms with Crippen LogP contribution < -0.4 is 4.74 Å². The fraction of sp³-hybridized carbons (Fsp3) is 0.111. The Morgan fingerprint density at radius 2 is 1.76 bits per heavy atom. The van der Waals surface area contributed by atoms with E-state index in [2.05, 4.69) is 10.3 Å². The molecule has 0 spiro atoms. The van der Waals surface area contributed by atoms with Crippen molar-refractivity contribution < 1.29 is 13.2 Å². The van der Waals surface area contributed by atoms with Crippen LogP contribution in [0.5, 0.6) is 5.75 Å². The molecule has 4 aromatic rings. The van der Waals surface area contributed by atoms with Gasteiger partial charge in [0.2, 0.25) is 0 Å². The van der Waals surface area contributed by atoms with Crippen molar-refractivity contribution in [2.75, 3.05) is 6.61 Å². The van der Waals surface area contributed by atoms with Crippen molar-refractivity contribution in [3.63, 3.8) is 0 Å². The monoisotopic (exact) mass is 353 g/mol. The topological polar surface area (TPSA) is 74.1 Å². The van der Waals surface area contributed by atoms with Crippen LogP contribution in [-0.4, -0.2) is 29.4 Å². The molecule has 0 aliphatic rings. The van der Waals surface area contributed by atoms with Gasteiger partial charge >= 0.3 is 0 Å². The summed E-state index contributed by atoms with van der Waals surface area (Å²) in [4.78, 5) is 0.166. The van der Waals surface area contributed by atoms with Gasteiger partial charge in [-0.3, -0.25) is 0 Å². The number of benzene rings is 3. The number of hydrogen-bond acceptors (Lipinski definition) is 5. The summed E-state index contributed by atoms with van der Waals surface area (Å²) < 4.78 is 32.4. The first kappa shape index (κ1) is 15.6. The minimum Gasteiger partial charge on any atom is -0.494 e. The standard InChI is InChI=1S/C18H15N3O3S/c1-2-24-15-9-7-14-12-16(10-8-13(14)11-15)25(22,23)21-18-6-4-3-5-17(18)19-20-21/h3-12H,2H2,1H3. The molecule has 0 N–H and O–H groups in total. The maximum atomic E-state index is 13.0. The van der Waals surface area contributed by atoms with Crippen LogP contribution in [0.1, 0.15) is 6.92 Å². The summed E-state index contributed by atoms with van der Waals surface area (Å²) in [5.74, 6) is 0.757. The highest BCUT2D eigenvalue weighted by Crippen LogP contribution is 2.25. The summed E-state index contributed by atoms with van der Waals surface area (Å²) in [5, 5.41) is 9.47. The van der Waals surface area contributed by atoms with E-state index in [1.54, 1.807) is 42.5 Å². The molecule has 4 rings (SSSR count). The Labute approximate surface area is 144 Å². The van der Waals surface area contributed by atoms with E-state index in [1.165, 1.54) is 0 Å². The lowest BCUT2D eigenvalue weighted by Crippen LogP contribution is -2.14. The van der Waals surface area contributed by atoms with Crippen LogP contribution >= 0.6 is 0 Å². The highest BCUT2D eigenvalue weighted by molar-refractivity contribution is 7.90. The van der Waals surface area contributed by atoms with Crippen molar-refractivity contribution in [3.8, 4) is 5.75 Å². The van der Waals surface area contributed by atoms with Gasteiger partial charge in [-0.05, 0) is 54.1 Å². The third-order valence-electron chi connectivity index (χ3n) is 3.94. The molecule has 0 amide bonds. The summed E-state index contributed by atoms with van der Waals surface area (Å²) in [6.45, 7) is 2.50. The Balaban J connectivity index is 1.84. The fourth-order valence-electron chi connectivity index (χ4n) is 2.74. The Bertz CT molecular complexity index is 1180. The lowest BCUT2D eigenvalue weighted by Gasteiger charge is -2.08. The van der Waals surface area contributed by atoms with Crippen LogP contribution in [0, 0.1) is 0 Å². The maximum Gasteiger partial charge on any atom is 0.284 e. The quantitative estimate of drug-likeness (QED) is 0.563. The molecule has 0 saturated carbocycles. The molecule has 0 radical (unpaired) electrons. The number of fused-ring (bicyclic) bond motifs is 2. The second-order valence-corrected chi connectivity index (χ2v) is 7.30. The van der Waals surface area contributed by atoms with E-state index in [-0.39, 0.29) is 4.90 Å². The van der Waals surface area contributed by atoms with Gasteiger partial charge in [0, 0.05) is 0 Å². The lowest BCUT2D eigenvalue weighted by molar-refractivity contribution is 0.341. The molecule has 126 valence electrons. The first-order chi connectivity index (χ1) is 12.1. The molecule has 25 heavy (non-hydrogen) atoms. The lowest BCUT2D eigenvalue weighted by atomic mass is 10.1. The molecule has 0 unspecified atom stereocenters. The average Bonchev–Trinajstić information content (AvgIpc) is 3.06. The third kappa shape index (κ3) is 2.62. The van der Waals surface area contributed by atoms with Crippen LogP contribution in [0.4, 0.5) is 0 Å². The Kier molecular flexibility index (Phi) is 3.65. The Hall–Kier alpha value is -2.93. The number of para-hydroxylation sites is 1. The van der Waals surface area contributed by atoms with Crippen LogP contribution in [-0.2, 0) is 10.0 Å². The van der Waals surface area contributed by atoms with E-state index in [0.29, 0.717) is 17.6 Å². The van der Waals surface area contributed by atoms with Gasteiger partial charge in [0.25, 0.3) is 10.0 Å². The van der Waals surface area contributed by atoms with Gasteiger partial charge in [-0.1, -0.05) is 29.5 Å². The first-order valence-corrected chi connectivity index (χ1v) is 9.26. The van der Waals surface area contributed by atoms with Gasteiger partial charge in [-0.15, -0.1) is 9.19 Å². The van der Waals surface area contributed by atoms with Crippen molar-refractivity contribution >= 4 is 31.8 Å². The minimum absolute atomic E-state index is 0.166. The van der Waals surface area contributed by atoms with E-state index in [0.717, 1.165) is 20.6 Å². The van der Waals surface area contributed by atoms with Gasteiger partial charge in [-0.2, -0.15) is 8.42 Å². The molecular weight excluding hydrogens is 338 g/mol. The molecule has 3 aromatic carbocycles. The van der Waals surface area contributed by atoms with Crippen molar-refractivity contribution in [1.82, 2.24) is 14.4 Å². The van der Waals surface area contributed by atoms with Crippen molar-refractivity contribution in [2.45, 2.75) is 11.8 Å². The van der Waals surface area contributed by atoms with Gasteiger partial charge in [0.15, 0.2) is 0 Å². The van der Waals surface area contributed by atoms with Gasteiger partial charge in [0.05, 0.1) is 11.5 Å². The molecule has 0 aliphatic heterocycles. The second kappa shape index (κ2) is 5.86. The molecule has 0 fully saturated rings. The molecule has 7 heteroatoms. The normalized spacial score (nSPS) is 11.9. The SMILES string of the molecule is CCOc1ccc2cc(S(=O)(=O)n3nnc4ccccc43)ccc2c1. The zero-order chi connectivity index (χ0) is 17.4. The number of aromatic nitrogens is 3. The average molecular weight is 353 g/mol. The number of hydrogen-bond donors (Lipinski definition) is 0. The van der Waals surface area contributed by atoms with Crippen molar-refractivity contribution in [3.05, 3.63) is 60.7 Å². The predicted molar refractivity (Wildman–Crippen MR) is 95.2 cm³/mol. The van der Waals surface area contributed by atoms with Crippen LogP contribution in [0.2, 0.25) is 0 Å². The van der Waals surface area contributed by atoms with E-state index in [4.69, 9.17) is 4.74 Å². The number of nitrogens with zero attached hydrogens (tertiary/aromatic N) is 3. The highest BCUT2D eigenvalue weighted by atomic mass is 32.2. The van der Waals surface area contributed by atoms with Crippen molar-refractivity contribution in [2.24, 2.45) is 0 Å². The van der Waals surface area contributed by atoms with E-state index < -0.39 is 10.0 Å². The summed E-state index contributed by atoms with van der Waals surface area (Å²) in [6.07, 6.45) is 0. The zero-order valence-corrected chi connectivity index (χ0v) is 14.3. The fourth-order valence-corrected chi connectivity index (χ4v) is 4.01. The van der Waals surface area contributed by atoms with Crippen molar-refractivity contribution in [1.29, 1.82) is 0 Å². The number of ether oxygens (including phenoxy) is 1. The summed E-state index contributed by atoms with van der Waals surface area (Å²) >= 11 is 0. The molecule has 0 aliphatic carbocycles. The maximum absolute atomic E-state index is 13.0. The van der Waals surface area contributed by atoms with Crippen LogP contribution in [0.25, 0.3) is 21.8 Å². The van der Waals surface area contributed by atoms with E-state index in [1.807, 2.05) is 25.1 Å². The molecule has 6 nitrogen and oxygen atoms in total. The predicted octanol–water partition coefficient (Wildman–Crippen LogP) is 3.22. The van der Waals surface area contributed by atoms with E-state index in [9.17, 15) is 8.42 Å². The van der Waals surface area contributed by atoms with Gasteiger partial charge < -0.3 is 4.74 Å². The Morgan fingerprint density at radius 3 is 2.60 bits per heavy atom. The van der Waals surface area contributed by atoms with Gasteiger partial charge in [-0.25, -0.2) is 0 Å². The van der Waals surface area contributed by atoms with Crippen LogP contribution in [0.3, 0.4) is 0 Å². The summed E-state index contributed by atoms with van der Waals surface area (Å²) in [6, 6.07) is 17.5. The van der Waals surface area contributed by atoms with Crippen LogP contribution in [0.15, 0.2) is 65.6 Å². The summed E-state index contributed by atoms with van der Waals surface area (Å²) in [7, 11) is -3.82. The first-order valence-electron chi connectivity index (χ1n) is 7.82. The van der Waals surface area contributed by atoms with E-state index >= 15 is 0 Å².